The van der Waals surface area contributed by atoms with Crippen LogP contribution in [0.15, 0.2) is 12.1 Å². The van der Waals surface area contributed by atoms with Crippen molar-refractivity contribution in [1.29, 1.82) is 5.41 Å². The Morgan fingerprint density at radius 2 is 1.71 bits per heavy atom. The lowest BCUT2D eigenvalue weighted by atomic mass is 10.0. The van der Waals surface area contributed by atoms with Gasteiger partial charge in [-0.2, -0.15) is 18.6 Å². The predicted molar refractivity (Wildman–Crippen MR) is 84.6 cm³/mol. The van der Waals surface area contributed by atoms with Crippen molar-refractivity contribution < 1.29 is 40.5 Å². The number of Topliss-reactive ketones (excluding diaryl/α,β-unsaturated/α-hetero) is 1. The Morgan fingerprint density at radius 3 is 2.29 bits per heavy atom. The Balaban J connectivity index is 2.00. The number of carbonyl (C=O) groups excluding carboxylic acids is 2. The number of nitrogens with one attached hydrogen (secondary N) is 1. The average molecular weight is 409 g/mol. The number of amidine groups is 2. The molecule has 0 aliphatic carbocycles. The molecule has 3 N–H and O–H groups in total. The maximum atomic E-state index is 13.6. The van der Waals surface area contributed by atoms with Crippen LogP contribution in [0.3, 0.4) is 0 Å². The molecule has 2 rings (SSSR count). The van der Waals surface area contributed by atoms with E-state index in [-0.39, 0.29) is 31.5 Å². The van der Waals surface area contributed by atoms with E-state index in [4.69, 9.17) is 11.1 Å². The van der Waals surface area contributed by atoms with Crippen LogP contribution in [0.25, 0.3) is 0 Å². The van der Waals surface area contributed by atoms with Gasteiger partial charge in [0.15, 0.2) is 17.4 Å². The van der Waals surface area contributed by atoms with Gasteiger partial charge >= 0.3 is 12.0 Å². The van der Waals surface area contributed by atoms with E-state index < -0.39 is 59.6 Å². The van der Waals surface area contributed by atoms with Crippen LogP contribution in [-0.4, -0.2) is 58.6 Å². The molecule has 1 aromatic rings. The second-order valence-electron chi connectivity index (χ2n) is 5.97. The number of ketones is 1. The van der Waals surface area contributed by atoms with Crippen molar-refractivity contribution in [2.45, 2.75) is 19.0 Å². The maximum absolute atomic E-state index is 13.6. The summed E-state index contributed by atoms with van der Waals surface area (Å²) in [5.74, 6) is -7.73. The summed E-state index contributed by atoms with van der Waals surface area (Å²) in [6, 6.07) is 0.611. The molecular weight excluding hydrogens is 394 g/mol. The average Bonchev–Trinajstić information content (AvgIpc) is 2.61. The standard InChI is InChI=1S/C16H14F6N4O2/c17-9-6-11(19)10(18)5-8(9)12(27)1-2-14(28)25-3-4-26(13(23)7-25)15(24)16(20,21)22/h5-6,23-24H,1-4,7H2/p+1. The number of nitrogens with two attached hydrogens (primary N) is 1. The topological polar surface area (TPSA) is 90.3 Å². The molecule has 0 radical (unpaired) electrons. The predicted octanol–water partition coefficient (Wildman–Crippen LogP) is 1.82. The number of hydrogen-bond donors (Lipinski definition) is 2. The van der Waals surface area contributed by atoms with E-state index >= 15 is 0 Å². The summed E-state index contributed by atoms with van der Waals surface area (Å²) in [5.41, 5.74) is 4.81. The fourth-order valence-corrected chi connectivity index (χ4v) is 2.60. The minimum atomic E-state index is -4.89. The Hall–Kier alpha value is -2.92. The van der Waals surface area contributed by atoms with E-state index in [1.54, 1.807) is 0 Å². The summed E-state index contributed by atoms with van der Waals surface area (Å²) >= 11 is 0. The number of hydrogen-bond acceptors (Lipinski definition) is 4. The van der Waals surface area contributed by atoms with E-state index in [9.17, 15) is 35.9 Å². The second-order valence-corrected chi connectivity index (χ2v) is 5.97. The molecule has 0 bridgehead atoms. The zero-order valence-corrected chi connectivity index (χ0v) is 14.2. The molecule has 1 aromatic carbocycles. The Kier molecular flexibility index (Phi) is 6.10. The van der Waals surface area contributed by atoms with Crippen molar-refractivity contribution in [3.05, 3.63) is 35.1 Å². The number of amides is 1. The minimum absolute atomic E-state index is 0.175. The zero-order valence-electron chi connectivity index (χ0n) is 14.2. The van der Waals surface area contributed by atoms with Gasteiger partial charge in [0.05, 0.1) is 18.7 Å². The fraction of sp³-hybridized carbons (Fsp3) is 0.375. The van der Waals surface area contributed by atoms with E-state index in [0.717, 1.165) is 4.90 Å². The molecule has 152 valence electrons. The number of halogens is 6. The molecule has 12 heteroatoms. The van der Waals surface area contributed by atoms with Crippen LogP contribution < -0.4 is 5.73 Å². The SMILES string of the molecule is N=C([N+]1=C(N)CN(C(=O)CCC(=O)c2cc(F)c(F)cc2F)CC1)C(F)(F)F. The van der Waals surface area contributed by atoms with Crippen molar-refractivity contribution in [3.8, 4) is 0 Å². The van der Waals surface area contributed by atoms with Gasteiger partial charge in [0.1, 0.15) is 12.4 Å². The minimum Gasteiger partial charge on any atom is -0.329 e. The summed E-state index contributed by atoms with van der Waals surface area (Å²) in [6.07, 6.45) is -5.84. The number of rotatable bonds is 4. The van der Waals surface area contributed by atoms with E-state index in [2.05, 4.69) is 0 Å². The molecule has 0 unspecified atom stereocenters. The lowest BCUT2D eigenvalue weighted by Crippen LogP contribution is -2.54. The molecule has 28 heavy (non-hydrogen) atoms. The molecule has 0 spiro atoms. The first kappa shape index (κ1) is 21.4. The van der Waals surface area contributed by atoms with Gasteiger partial charge in [-0.1, -0.05) is 0 Å². The Bertz CT molecular complexity index is 865. The van der Waals surface area contributed by atoms with Crippen LogP contribution >= 0.6 is 0 Å². The van der Waals surface area contributed by atoms with Crippen LogP contribution in [0.2, 0.25) is 0 Å². The third-order valence-electron chi connectivity index (χ3n) is 4.06. The lowest BCUT2D eigenvalue weighted by molar-refractivity contribution is -0.437. The number of carbonyl (C=O) groups is 2. The van der Waals surface area contributed by atoms with Crippen molar-refractivity contribution in [2.24, 2.45) is 5.73 Å². The van der Waals surface area contributed by atoms with Crippen LogP contribution in [0.4, 0.5) is 26.3 Å². The monoisotopic (exact) mass is 409 g/mol. The zero-order chi connectivity index (χ0) is 21.2. The molecule has 0 fully saturated rings. The van der Waals surface area contributed by atoms with Crippen molar-refractivity contribution in [3.63, 3.8) is 0 Å². The molecule has 6 nitrogen and oxygen atoms in total. The van der Waals surface area contributed by atoms with Crippen LogP contribution in [0.5, 0.6) is 0 Å². The summed E-state index contributed by atoms with van der Waals surface area (Å²) in [6.45, 7) is -0.918. The molecule has 1 heterocycles. The third kappa shape index (κ3) is 4.67. The molecule has 1 amide bonds. The highest BCUT2D eigenvalue weighted by molar-refractivity contribution is 5.98. The van der Waals surface area contributed by atoms with E-state index in [1.165, 1.54) is 0 Å². The maximum Gasteiger partial charge on any atom is 0.481 e. The highest BCUT2D eigenvalue weighted by Crippen LogP contribution is 2.19. The Morgan fingerprint density at radius 1 is 1.11 bits per heavy atom. The fourth-order valence-electron chi connectivity index (χ4n) is 2.60. The first-order valence-electron chi connectivity index (χ1n) is 7.92. The summed E-state index contributed by atoms with van der Waals surface area (Å²) in [4.78, 5) is 25.2. The highest BCUT2D eigenvalue weighted by Gasteiger charge is 2.44. The Labute approximate surface area is 154 Å². The third-order valence-corrected chi connectivity index (χ3v) is 4.06. The number of nitrogens with zero attached hydrogens (tertiary/aromatic N) is 2. The largest absolute Gasteiger partial charge is 0.481 e. The van der Waals surface area contributed by atoms with Gasteiger partial charge in [0.25, 0.3) is 0 Å². The smallest absolute Gasteiger partial charge is 0.329 e. The molecule has 1 aliphatic rings. The van der Waals surface area contributed by atoms with Crippen LogP contribution in [0, 0.1) is 22.9 Å². The quantitative estimate of drug-likeness (QED) is 0.199. The van der Waals surface area contributed by atoms with Gasteiger partial charge in [-0.15, -0.1) is 0 Å². The van der Waals surface area contributed by atoms with Gasteiger partial charge in [0.2, 0.25) is 11.7 Å². The highest BCUT2D eigenvalue weighted by atomic mass is 19.4. The summed E-state index contributed by atoms with van der Waals surface area (Å²) < 4.78 is 77.9. The van der Waals surface area contributed by atoms with Crippen molar-refractivity contribution in [1.82, 2.24) is 4.90 Å². The lowest BCUT2D eigenvalue weighted by Gasteiger charge is -2.27. The van der Waals surface area contributed by atoms with Gasteiger partial charge in [0, 0.05) is 18.9 Å². The summed E-state index contributed by atoms with van der Waals surface area (Å²) in [7, 11) is 0. The molecule has 0 saturated carbocycles. The molecule has 1 aliphatic heterocycles. The van der Waals surface area contributed by atoms with Crippen LogP contribution in [-0.2, 0) is 4.79 Å². The molecule has 0 atom stereocenters. The van der Waals surface area contributed by atoms with E-state index in [0.29, 0.717) is 10.6 Å². The molecular formula is C16H15F6N4O2+. The summed E-state index contributed by atoms with van der Waals surface area (Å²) in [5, 5.41) is 7.08. The normalized spacial score (nSPS) is 15.0. The first-order chi connectivity index (χ1) is 12.9. The molecule has 0 saturated heterocycles. The van der Waals surface area contributed by atoms with Crippen LogP contribution in [0.1, 0.15) is 23.2 Å². The van der Waals surface area contributed by atoms with Gasteiger partial charge < -0.3 is 10.6 Å². The number of alkyl halides is 3. The van der Waals surface area contributed by atoms with Gasteiger partial charge in [-0.3, -0.25) is 9.59 Å². The molecule has 0 aromatic heterocycles. The van der Waals surface area contributed by atoms with Gasteiger partial charge in [-0.05, 0) is 6.07 Å². The van der Waals surface area contributed by atoms with Gasteiger partial charge in [-0.25, -0.2) is 17.7 Å². The number of benzene rings is 1. The van der Waals surface area contributed by atoms with Crippen molar-refractivity contribution in [2.75, 3.05) is 19.6 Å². The van der Waals surface area contributed by atoms with Crippen molar-refractivity contribution >= 4 is 23.4 Å². The first-order valence-corrected chi connectivity index (χ1v) is 7.92. The second kappa shape index (κ2) is 7.98. The van der Waals surface area contributed by atoms with E-state index in [1.807, 2.05) is 0 Å².